The third-order valence-corrected chi connectivity index (χ3v) is 7.23. The zero-order chi connectivity index (χ0) is 26.4. The number of rotatable bonds is 6. The Hall–Kier alpha value is -3.88. The molecule has 5 rings (SSSR count). The van der Waals surface area contributed by atoms with Gasteiger partial charge in [0.05, 0.1) is 35.5 Å². The van der Waals surface area contributed by atoms with Gasteiger partial charge in [-0.2, -0.15) is 13.2 Å². The zero-order valence-electron chi connectivity index (χ0n) is 20.4. The summed E-state index contributed by atoms with van der Waals surface area (Å²) in [6, 6.07) is 11.6. The van der Waals surface area contributed by atoms with Crippen LogP contribution in [0.2, 0.25) is 0 Å². The van der Waals surface area contributed by atoms with Gasteiger partial charge in [-0.1, -0.05) is 24.3 Å². The Morgan fingerprint density at radius 1 is 1.08 bits per heavy atom. The number of hydrogen-bond donors (Lipinski definition) is 1. The minimum Gasteiger partial charge on any atom is -0.465 e. The van der Waals surface area contributed by atoms with Crippen molar-refractivity contribution >= 4 is 17.6 Å². The molecule has 2 aromatic carbocycles. The van der Waals surface area contributed by atoms with Crippen LogP contribution < -0.4 is 10.2 Å². The molecular formula is C28H26F3N3O3. The summed E-state index contributed by atoms with van der Waals surface area (Å²) < 4.78 is 43.7. The summed E-state index contributed by atoms with van der Waals surface area (Å²) in [5, 5.41) is 3.01. The summed E-state index contributed by atoms with van der Waals surface area (Å²) in [5.74, 6) is -0.722. The van der Waals surface area contributed by atoms with Gasteiger partial charge in [-0.3, -0.25) is 9.78 Å². The normalized spacial score (nSPS) is 16.3. The van der Waals surface area contributed by atoms with Crippen LogP contribution in [0.4, 0.5) is 18.9 Å². The number of carbonyl (C=O) groups excluding carboxylic acids is 2. The Morgan fingerprint density at radius 3 is 2.35 bits per heavy atom. The Kier molecular flexibility index (Phi) is 6.17. The first-order chi connectivity index (χ1) is 17.6. The van der Waals surface area contributed by atoms with E-state index in [1.807, 2.05) is 6.92 Å². The lowest BCUT2D eigenvalue weighted by molar-refractivity contribution is -0.137. The fourth-order valence-corrected chi connectivity index (χ4v) is 4.99. The van der Waals surface area contributed by atoms with E-state index in [0.29, 0.717) is 24.2 Å². The van der Waals surface area contributed by atoms with E-state index in [1.165, 1.54) is 19.2 Å². The quantitative estimate of drug-likeness (QED) is 0.449. The van der Waals surface area contributed by atoms with Gasteiger partial charge in [0.15, 0.2) is 0 Å². The number of hydrogen-bond acceptors (Lipinski definition) is 5. The second kappa shape index (κ2) is 9.21. The van der Waals surface area contributed by atoms with E-state index >= 15 is 0 Å². The van der Waals surface area contributed by atoms with Crippen molar-refractivity contribution in [2.75, 3.05) is 18.6 Å². The van der Waals surface area contributed by atoms with Crippen LogP contribution in [-0.4, -0.2) is 30.5 Å². The Labute approximate surface area is 212 Å². The summed E-state index contributed by atoms with van der Waals surface area (Å²) in [6.07, 6.45) is 0.936. The van der Waals surface area contributed by atoms with E-state index in [1.54, 1.807) is 36.7 Å². The van der Waals surface area contributed by atoms with Crippen LogP contribution in [0.3, 0.4) is 0 Å². The highest BCUT2D eigenvalue weighted by Gasteiger charge is 2.53. The molecule has 2 aliphatic rings. The number of amides is 1. The number of halogens is 3. The van der Waals surface area contributed by atoms with Crippen molar-refractivity contribution < 1.29 is 27.5 Å². The topological polar surface area (TPSA) is 71.5 Å². The molecule has 192 valence electrons. The molecule has 1 spiro atoms. The molecule has 1 atom stereocenters. The second-order valence-electron chi connectivity index (χ2n) is 9.72. The van der Waals surface area contributed by atoms with Crippen molar-refractivity contribution in [2.24, 2.45) is 0 Å². The largest absolute Gasteiger partial charge is 0.465 e. The number of alkyl halides is 3. The number of ether oxygens (including phenoxy) is 1. The molecule has 1 N–H and O–H groups in total. The maximum Gasteiger partial charge on any atom is 0.416 e. The molecule has 3 aromatic rings. The fourth-order valence-electron chi connectivity index (χ4n) is 4.99. The molecule has 1 aliphatic heterocycles. The first-order valence-corrected chi connectivity index (χ1v) is 12.0. The molecule has 1 aliphatic carbocycles. The number of carbonyl (C=O) groups is 2. The Bertz CT molecular complexity index is 1330. The SMILES string of the molecule is COC(=O)c1ccc([C@H](C)NC(=O)c2cncc3c2N(Cc2ccc(C(F)(F)F)cc2)CC32CC2)cc1. The summed E-state index contributed by atoms with van der Waals surface area (Å²) in [4.78, 5) is 31.5. The number of nitrogens with one attached hydrogen (secondary N) is 1. The standard InChI is InChI=1S/C28H26F3N3O3/c1-17(19-5-7-20(8-6-19)26(36)37-2)33-25(35)22-13-32-14-23-24(22)34(16-27(23)11-12-27)15-18-3-9-21(10-4-18)28(29,30)31/h3-10,13-14,17H,11-12,15-16H2,1-2H3,(H,33,35)/t17-/m0/s1. The van der Waals surface area contributed by atoms with Crippen LogP contribution >= 0.6 is 0 Å². The van der Waals surface area contributed by atoms with E-state index < -0.39 is 17.7 Å². The molecular weight excluding hydrogens is 483 g/mol. The van der Waals surface area contributed by atoms with Crippen LogP contribution in [0.1, 0.15) is 68.8 Å². The molecule has 37 heavy (non-hydrogen) atoms. The summed E-state index contributed by atoms with van der Waals surface area (Å²) in [5.41, 5.74) is 3.48. The third-order valence-electron chi connectivity index (χ3n) is 7.23. The number of aromatic nitrogens is 1. The van der Waals surface area contributed by atoms with Gasteiger partial charge >= 0.3 is 12.1 Å². The maximum atomic E-state index is 13.4. The molecule has 0 bridgehead atoms. The summed E-state index contributed by atoms with van der Waals surface area (Å²) >= 11 is 0. The molecule has 0 radical (unpaired) electrons. The maximum absolute atomic E-state index is 13.4. The van der Waals surface area contributed by atoms with Gasteiger partial charge in [0.25, 0.3) is 5.91 Å². The van der Waals surface area contributed by atoms with E-state index in [-0.39, 0.29) is 17.4 Å². The van der Waals surface area contributed by atoms with Crippen LogP contribution in [0.5, 0.6) is 0 Å². The molecule has 1 fully saturated rings. The highest BCUT2D eigenvalue weighted by atomic mass is 19.4. The summed E-state index contributed by atoms with van der Waals surface area (Å²) in [6.45, 7) is 2.94. The van der Waals surface area contributed by atoms with Gasteiger partial charge in [-0.25, -0.2) is 4.79 Å². The van der Waals surface area contributed by atoms with Crippen LogP contribution in [-0.2, 0) is 22.9 Å². The van der Waals surface area contributed by atoms with Gasteiger partial charge < -0.3 is 15.0 Å². The number of esters is 1. The van der Waals surface area contributed by atoms with Crippen molar-refractivity contribution in [3.05, 3.63) is 94.3 Å². The first-order valence-electron chi connectivity index (χ1n) is 12.0. The highest BCUT2D eigenvalue weighted by molar-refractivity contribution is 6.01. The molecule has 1 aromatic heterocycles. The number of fused-ring (bicyclic) bond motifs is 2. The van der Waals surface area contributed by atoms with E-state index in [0.717, 1.165) is 47.4 Å². The smallest absolute Gasteiger partial charge is 0.416 e. The van der Waals surface area contributed by atoms with Crippen LogP contribution in [0, 0.1) is 0 Å². The molecule has 1 saturated carbocycles. The number of benzene rings is 2. The van der Waals surface area contributed by atoms with Gasteiger partial charge in [-0.15, -0.1) is 0 Å². The van der Waals surface area contributed by atoms with Crippen LogP contribution in [0.15, 0.2) is 60.9 Å². The molecule has 6 nitrogen and oxygen atoms in total. The van der Waals surface area contributed by atoms with E-state index in [4.69, 9.17) is 4.74 Å². The van der Waals surface area contributed by atoms with Gasteiger partial charge in [0.1, 0.15) is 0 Å². The first kappa shape index (κ1) is 24.8. The molecule has 0 unspecified atom stereocenters. The van der Waals surface area contributed by atoms with Crippen molar-refractivity contribution in [3.8, 4) is 0 Å². The van der Waals surface area contributed by atoms with Gasteiger partial charge in [-0.05, 0) is 55.2 Å². The summed E-state index contributed by atoms with van der Waals surface area (Å²) in [7, 11) is 1.32. The molecule has 1 amide bonds. The minimum absolute atomic E-state index is 0.0557. The Morgan fingerprint density at radius 2 is 1.76 bits per heavy atom. The predicted molar refractivity (Wildman–Crippen MR) is 131 cm³/mol. The number of pyridine rings is 1. The van der Waals surface area contributed by atoms with E-state index in [2.05, 4.69) is 15.2 Å². The fraction of sp³-hybridized carbons (Fsp3) is 0.321. The molecule has 0 saturated heterocycles. The zero-order valence-corrected chi connectivity index (χ0v) is 20.4. The minimum atomic E-state index is -4.38. The third kappa shape index (κ3) is 4.77. The van der Waals surface area contributed by atoms with Crippen LogP contribution in [0.25, 0.3) is 0 Å². The van der Waals surface area contributed by atoms with Crippen molar-refractivity contribution in [1.82, 2.24) is 10.3 Å². The van der Waals surface area contributed by atoms with Crippen molar-refractivity contribution in [1.29, 1.82) is 0 Å². The lowest BCUT2D eigenvalue weighted by Crippen LogP contribution is -2.30. The molecule has 9 heteroatoms. The average Bonchev–Trinajstić information content (AvgIpc) is 3.60. The lowest BCUT2D eigenvalue weighted by atomic mass is 9.99. The Balaban J connectivity index is 1.38. The lowest BCUT2D eigenvalue weighted by Gasteiger charge is -2.23. The number of anilines is 1. The number of nitrogens with zero attached hydrogens (tertiary/aromatic N) is 2. The average molecular weight is 510 g/mol. The highest BCUT2D eigenvalue weighted by Crippen LogP contribution is 2.57. The van der Waals surface area contributed by atoms with Gasteiger partial charge in [0, 0.05) is 36.5 Å². The number of methoxy groups -OCH3 is 1. The van der Waals surface area contributed by atoms with E-state index in [9.17, 15) is 22.8 Å². The predicted octanol–water partition coefficient (Wildman–Crippen LogP) is 5.43. The van der Waals surface area contributed by atoms with Crippen molar-refractivity contribution in [2.45, 2.75) is 43.9 Å². The molecule has 2 heterocycles. The van der Waals surface area contributed by atoms with Crippen molar-refractivity contribution in [3.63, 3.8) is 0 Å². The van der Waals surface area contributed by atoms with Gasteiger partial charge in [0.2, 0.25) is 0 Å². The second-order valence-corrected chi connectivity index (χ2v) is 9.72. The monoisotopic (exact) mass is 509 g/mol.